The van der Waals surface area contributed by atoms with Crippen molar-refractivity contribution in [2.75, 3.05) is 31.6 Å². The fourth-order valence-corrected chi connectivity index (χ4v) is 4.38. The van der Waals surface area contributed by atoms with E-state index in [1.807, 2.05) is 6.92 Å². The molecule has 1 N–H and O–H groups in total. The molecular formula is C22H24FN3O3. The van der Waals surface area contributed by atoms with Crippen LogP contribution in [0.3, 0.4) is 0 Å². The summed E-state index contributed by atoms with van der Waals surface area (Å²) in [5.74, 6) is 0.0185. The van der Waals surface area contributed by atoms with Gasteiger partial charge in [0, 0.05) is 38.0 Å². The molecule has 1 spiro atoms. The lowest BCUT2D eigenvalue weighted by Crippen LogP contribution is -2.68. The Hall–Kier alpha value is -3.09. The van der Waals surface area contributed by atoms with Gasteiger partial charge in [0.25, 0.3) is 11.8 Å². The van der Waals surface area contributed by atoms with Gasteiger partial charge in [0.1, 0.15) is 17.2 Å². The normalized spacial score (nSPS) is 17.7. The SMILES string of the molecule is CCN1c2cc(F)ccc2C(=O)NC12CCN(C(=O)c1cccc(OC)c1)CC2. The minimum Gasteiger partial charge on any atom is -0.497 e. The first-order chi connectivity index (χ1) is 14.0. The lowest BCUT2D eigenvalue weighted by molar-refractivity contribution is 0.0603. The van der Waals surface area contributed by atoms with Crippen molar-refractivity contribution in [2.24, 2.45) is 0 Å². The van der Waals surface area contributed by atoms with Gasteiger partial charge in [-0.15, -0.1) is 0 Å². The third kappa shape index (κ3) is 3.30. The van der Waals surface area contributed by atoms with E-state index in [9.17, 15) is 14.0 Å². The van der Waals surface area contributed by atoms with Gasteiger partial charge >= 0.3 is 0 Å². The van der Waals surface area contributed by atoms with E-state index in [-0.39, 0.29) is 17.6 Å². The molecule has 7 heteroatoms. The monoisotopic (exact) mass is 397 g/mol. The van der Waals surface area contributed by atoms with E-state index in [4.69, 9.17) is 4.74 Å². The van der Waals surface area contributed by atoms with Gasteiger partial charge in [0.15, 0.2) is 0 Å². The van der Waals surface area contributed by atoms with Crippen LogP contribution < -0.4 is 15.0 Å². The van der Waals surface area contributed by atoms with Crippen LogP contribution in [0.15, 0.2) is 42.5 Å². The van der Waals surface area contributed by atoms with E-state index in [1.165, 1.54) is 18.2 Å². The fraction of sp³-hybridized carbons (Fsp3) is 0.364. The minimum absolute atomic E-state index is 0.0598. The summed E-state index contributed by atoms with van der Waals surface area (Å²) in [4.78, 5) is 29.5. The Balaban J connectivity index is 1.56. The number of nitrogens with zero attached hydrogens (tertiary/aromatic N) is 2. The molecule has 1 fully saturated rings. The molecule has 2 aromatic carbocycles. The maximum Gasteiger partial charge on any atom is 0.255 e. The molecule has 6 nitrogen and oxygen atoms in total. The van der Waals surface area contributed by atoms with Crippen molar-refractivity contribution in [1.29, 1.82) is 0 Å². The van der Waals surface area contributed by atoms with Gasteiger partial charge in [0.05, 0.1) is 18.4 Å². The number of nitrogens with one attached hydrogen (secondary N) is 1. The van der Waals surface area contributed by atoms with Gasteiger partial charge in [-0.2, -0.15) is 0 Å². The van der Waals surface area contributed by atoms with E-state index in [0.29, 0.717) is 55.0 Å². The summed E-state index contributed by atoms with van der Waals surface area (Å²) in [6, 6.07) is 11.4. The molecule has 2 aromatic rings. The van der Waals surface area contributed by atoms with Crippen molar-refractivity contribution in [3.8, 4) is 5.75 Å². The molecule has 0 aromatic heterocycles. The van der Waals surface area contributed by atoms with Crippen LogP contribution in [-0.2, 0) is 0 Å². The molecule has 152 valence electrons. The summed E-state index contributed by atoms with van der Waals surface area (Å²) in [6.45, 7) is 3.61. The Morgan fingerprint density at radius 2 is 1.97 bits per heavy atom. The Kier molecular flexibility index (Phi) is 4.90. The summed E-state index contributed by atoms with van der Waals surface area (Å²) in [5.41, 5.74) is 1.06. The Bertz CT molecular complexity index is 954. The fourth-order valence-electron chi connectivity index (χ4n) is 4.38. The first kappa shape index (κ1) is 19.2. The molecule has 2 heterocycles. The second kappa shape index (κ2) is 7.39. The summed E-state index contributed by atoms with van der Waals surface area (Å²) in [6.07, 6.45) is 1.14. The number of piperidine rings is 1. The number of rotatable bonds is 3. The molecule has 0 radical (unpaired) electrons. The molecule has 0 unspecified atom stereocenters. The number of hydrogen-bond donors (Lipinski definition) is 1. The quantitative estimate of drug-likeness (QED) is 0.865. The first-order valence-electron chi connectivity index (χ1n) is 9.80. The zero-order chi connectivity index (χ0) is 20.6. The van der Waals surface area contributed by atoms with Crippen molar-refractivity contribution in [1.82, 2.24) is 10.2 Å². The highest BCUT2D eigenvalue weighted by atomic mass is 19.1. The largest absolute Gasteiger partial charge is 0.497 e. The summed E-state index contributed by atoms with van der Waals surface area (Å²) < 4.78 is 19.1. The van der Waals surface area contributed by atoms with E-state index < -0.39 is 5.66 Å². The number of likely N-dealkylation sites (tertiary alicyclic amines) is 1. The maximum atomic E-state index is 13.9. The average molecular weight is 397 g/mol. The number of fused-ring (bicyclic) bond motifs is 1. The second-order valence-corrected chi connectivity index (χ2v) is 7.42. The van der Waals surface area contributed by atoms with Gasteiger partial charge in [-0.1, -0.05) is 6.07 Å². The smallest absolute Gasteiger partial charge is 0.255 e. The van der Waals surface area contributed by atoms with Gasteiger partial charge < -0.3 is 19.9 Å². The number of amides is 2. The van der Waals surface area contributed by atoms with Crippen molar-refractivity contribution in [2.45, 2.75) is 25.4 Å². The number of benzene rings is 2. The van der Waals surface area contributed by atoms with E-state index in [0.717, 1.165) is 0 Å². The van der Waals surface area contributed by atoms with Gasteiger partial charge in [-0.3, -0.25) is 9.59 Å². The predicted molar refractivity (Wildman–Crippen MR) is 108 cm³/mol. The van der Waals surface area contributed by atoms with Gasteiger partial charge in [-0.05, 0) is 43.3 Å². The van der Waals surface area contributed by atoms with E-state index in [1.54, 1.807) is 36.3 Å². The number of carbonyl (C=O) groups is 2. The van der Waals surface area contributed by atoms with Crippen molar-refractivity contribution < 1.29 is 18.7 Å². The number of ether oxygens (including phenoxy) is 1. The highest BCUT2D eigenvalue weighted by Gasteiger charge is 2.46. The summed E-state index contributed by atoms with van der Waals surface area (Å²) in [5, 5.41) is 3.13. The van der Waals surface area contributed by atoms with Crippen LogP contribution in [0.2, 0.25) is 0 Å². The topological polar surface area (TPSA) is 61.9 Å². The minimum atomic E-state index is -0.613. The predicted octanol–water partition coefficient (Wildman–Crippen LogP) is 3.04. The number of methoxy groups -OCH3 is 1. The molecule has 2 amide bonds. The van der Waals surface area contributed by atoms with Crippen LogP contribution in [-0.4, -0.2) is 49.1 Å². The van der Waals surface area contributed by atoms with Crippen LogP contribution in [0.25, 0.3) is 0 Å². The lowest BCUT2D eigenvalue weighted by Gasteiger charge is -2.52. The number of anilines is 1. The molecule has 29 heavy (non-hydrogen) atoms. The van der Waals surface area contributed by atoms with Crippen LogP contribution in [0.1, 0.15) is 40.5 Å². The molecule has 0 atom stereocenters. The van der Waals surface area contributed by atoms with Crippen molar-refractivity contribution >= 4 is 17.5 Å². The molecule has 2 aliphatic heterocycles. The molecule has 1 saturated heterocycles. The number of carbonyl (C=O) groups excluding carboxylic acids is 2. The van der Waals surface area contributed by atoms with Gasteiger partial charge in [0.2, 0.25) is 0 Å². The third-order valence-corrected chi connectivity index (χ3v) is 5.87. The molecule has 0 saturated carbocycles. The third-order valence-electron chi connectivity index (χ3n) is 5.87. The first-order valence-corrected chi connectivity index (χ1v) is 9.80. The zero-order valence-corrected chi connectivity index (χ0v) is 16.6. The van der Waals surface area contributed by atoms with E-state index >= 15 is 0 Å². The van der Waals surface area contributed by atoms with Crippen molar-refractivity contribution in [3.63, 3.8) is 0 Å². The highest BCUT2D eigenvalue weighted by Crippen LogP contribution is 2.37. The van der Waals surface area contributed by atoms with E-state index in [2.05, 4.69) is 10.2 Å². The van der Waals surface area contributed by atoms with Crippen LogP contribution in [0.4, 0.5) is 10.1 Å². The van der Waals surface area contributed by atoms with Gasteiger partial charge in [-0.25, -0.2) is 4.39 Å². The molecule has 2 aliphatic rings. The van der Waals surface area contributed by atoms with Crippen molar-refractivity contribution in [3.05, 3.63) is 59.4 Å². The summed E-state index contributed by atoms with van der Waals surface area (Å²) in [7, 11) is 1.57. The average Bonchev–Trinajstić information content (AvgIpc) is 2.74. The molecular weight excluding hydrogens is 373 g/mol. The van der Waals surface area contributed by atoms with Crippen LogP contribution in [0, 0.1) is 5.82 Å². The number of hydrogen-bond acceptors (Lipinski definition) is 4. The summed E-state index contributed by atoms with van der Waals surface area (Å²) >= 11 is 0. The second-order valence-electron chi connectivity index (χ2n) is 7.42. The van der Waals surface area contributed by atoms with Crippen LogP contribution >= 0.6 is 0 Å². The molecule has 0 aliphatic carbocycles. The number of halogens is 1. The molecule has 0 bridgehead atoms. The lowest BCUT2D eigenvalue weighted by atomic mass is 9.89. The standard InChI is InChI=1S/C22H24FN3O3/c1-3-26-19-14-16(23)7-8-18(19)20(27)24-22(26)9-11-25(12-10-22)21(28)15-5-4-6-17(13-15)29-2/h4-8,13-14H,3,9-12H2,1-2H3,(H,24,27). The zero-order valence-electron chi connectivity index (χ0n) is 16.6. The van der Waals surface area contributed by atoms with Crippen LogP contribution in [0.5, 0.6) is 5.75 Å². The molecule has 4 rings (SSSR count). The Labute approximate surface area is 169 Å². The Morgan fingerprint density at radius 1 is 1.21 bits per heavy atom. The maximum absolute atomic E-state index is 13.9. The highest BCUT2D eigenvalue weighted by molar-refractivity contribution is 6.02. The Morgan fingerprint density at radius 3 is 2.66 bits per heavy atom.